The Bertz CT molecular complexity index is 587. The number of hydrogen-bond acceptors (Lipinski definition) is 5. The average Bonchev–Trinajstić information content (AvgIpc) is 2.81. The van der Waals surface area contributed by atoms with Crippen molar-refractivity contribution in [3.05, 3.63) is 17.4 Å². The van der Waals surface area contributed by atoms with Gasteiger partial charge in [-0.15, -0.1) is 21.5 Å². The topological polar surface area (TPSA) is 76.4 Å². The van der Waals surface area contributed by atoms with Crippen molar-refractivity contribution in [2.45, 2.75) is 19.8 Å². The molecule has 2 aromatic rings. The standard InChI is InChI=1S/C9H14N4O2S2/c1-2-5-17(14,15)11-4-3-8-6-16-9-12-10-7-13(8)9/h6-7,11H,2-5H2,1H3. The molecule has 94 valence electrons. The molecule has 1 N–H and O–H groups in total. The Morgan fingerprint density at radius 2 is 2.35 bits per heavy atom. The molecule has 0 spiro atoms. The zero-order valence-electron chi connectivity index (χ0n) is 9.46. The molecule has 0 bridgehead atoms. The highest BCUT2D eigenvalue weighted by molar-refractivity contribution is 7.89. The lowest BCUT2D eigenvalue weighted by molar-refractivity contribution is 0.580. The summed E-state index contributed by atoms with van der Waals surface area (Å²) in [6, 6.07) is 0. The Labute approximate surface area is 104 Å². The molecule has 8 heteroatoms. The number of aromatic nitrogens is 3. The third-order valence-corrected chi connectivity index (χ3v) is 4.77. The van der Waals surface area contributed by atoms with Gasteiger partial charge in [-0.2, -0.15) is 0 Å². The van der Waals surface area contributed by atoms with Crippen LogP contribution in [0.1, 0.15) is 19.0 Å². The van der Waals surface area contributed by atoms with Gasteiger partial charge < -0.3 is 0 Å². The van der Waals surface area contributed by atoms with Gasteiger partial charge in [0.1, 0.15) is 6.33 Å². The normalized spacial score (nSPS) is 12.3. The molecule has 0 unspecified atom stereocenters. The van der Waals surface area contributed by atoms with Gasteiger partial charge in [0, 0.05) is 24.0 Å². The first-order valence-corrected chi connectivity index (χ1v) is 7.89. The van der Waals surface area contributed by atoms with Crippen molar-refractivity contribution in [2.75, 3.05) is 12.3 Å². The largest absolute Gasteiger partial charge is 0.276 e. The smallest absolute Gasteiger partial charge is 0.216 e. The lowest BCUT2D eigenvalue weighted by atomic mass is 10.3. The molecule has 2 aromatic heterocycles. The fourth-order valence-corrected chi connectivity index (χ4v) is 3.47. The summed E-state index contributed by atoms with van der Waals surface area (Å²) in [4.78, 5) is 0.830. The van der Waals surface area contributed by atoms with Gasteiger partial charge in [-0.1, -0.05) is 6.92 Å². The fourth-order valence-electron chi connectivity index (χ4n) is 1.53. The molecule has 0 aliphatic rings. The maximum Gasteiger partial charge on any atom is 0.216 e. The number of rotatable bonds is 6. The van der Waals surface area contributed by atoms with Crippen molar-refractivity contribution in [1.29, 1.82) is 0 Å². The van der Waals surface area contributed by atoms with Crippen LogP contribution in [0.3, 0.4) is 0 Å². The highest BCUT2D eigenvalue weighted by atomic mass is 32.2. The molecule has 2 rings (SSSR count). The molecule has 0 amide bonds. The summed E-state index contributed by atoms with van der Waals surface area (Å²) >= 11 is 1.50. The zero-order chi connectivity index (χ0) is 12.3. The van der Waals surface area contributed by atoms with Gasteiger partial charge in [0.15, 0.2) is 0 Å². The third-order valence-electron chi connectivity index (χ3n) is 2.30. The van der Waals surface area contributed by atoms with Crippen LogP contribution in [0.25, 0.3) is 4.96 Å². The third kappa shape index (κ3) is 3.02. The van der Waals surface area contributed by atoms with E-state index in [1.54, 1.807) is 6.33 Å². The van der Waals surface area contributed by atoms with Gasteiger partial charge in [-0.05, 0) is 6.42 Å². The predicted octanol–water partition coefficient (Wildman–Crippen LogP) is 0.663. The van der Waals surface area contributed by atoms with E-state index in [0.29, 0.717) is 19.4 Å². The van der Waals surface area contributed by atoms with Gasteiger partial charge in [-0.3, -0.25) is 4.40 Å². The average molecular weight is 274 g/mol. The van der Waals surface area contributed by atoms with Crippen LogP contribution >= 0.6 is 11.3 Å². The molecule has 0 fully saturated rings. The van der Waals surface area contributed by atoms with Crippen molar-refractivity contribution in [3.8, 4) is 0 Å². The Morgan fingerprint density at radius 3 is 3.12 bits per heavy atom. The number of fused-ring (bicyclic) bond motifs is 1. The van der Waals surface area contributed by atoms with Crippen molar-refractivity contribution in [2.24, 2.45) is 0 Å². The van der Waals surface area contributed by atoms with Crippen LogP contribution in [0.5, 0.6) is 0 Å². The number of thiazole rings is 1. The fraction of sp³-hybridized carbons (Fsp3) is 0.556. The highest BCUT2D eigenvalue weighted by Gasteiger charge is 2.09. The Hall–Kier alpha value is -0.990. The van der Waals surface area contributed by atoms with Crippen LogP contribution in [0.4, 0.5) is 0 Å². The van der Waals surface area contributed by atoms with Crippen LogP contribution in [-0.4, -0.2) is 35.3 Å². The van der Waals surface area contributed by atoms with E-state index in [0.717, 1.165) is 10.7 Å². The van der Waals surface area contributed by atoms with Crippen LogP contribution in [0, 0.1) is 0 Å². The van der Waals surface area contributed by atoms with E-state index in [9.17, 15) is 8.42 Å². The number of sulfonamides is 1. The highest BCUT2D eigenvalue weighted by Crippen LogP contribution is 2.13. The second kappa shape index (κ2) is 5.11. The summed E-state index contributed by atoms with van der Waals surface area (Å²) in [6.07, 6.45) is 2.91. The molecule has 0 aliphatic carbocycles. The summed E-state index contributed by atoms with van der Waals surface area (Å²) < 4.78 is 27.3. The van der Waals surface area contributed by atoms with E-state index < -0.39 is 10.0 Å². The predicted molar refractivity (Wildman–Crippen MR) is 66.6 cm³/mol. The lowest BCUT2D eigenvalue weighted by Gasteiger charge is -2.04. The quantitative estimate of drug-likeness (QED) is 0.839. The molecule has 0 radical (unpaired) electrons. The van der Waals surface area contributed by atoms with Crippen LogP contribution < -0.4 is 4.72 Å². The molecule has 0 aromatic carbocycles. The summed E-state index contributed by atoms with van der Waals surface area (Å²) in [5, 5.41) is 9.68. The van der Waals surface area contributed by atoms with Gasteiger partial charge in [0.25, 0.3) is 0 Å². The molecule has 6 nitrogen and oxygen atoms in total. The van der Waals surface area contributed by atoms with Crippen LogP contribution in [0.2, 0.25) is 0 Å². The second-order valence-electron chi connectivity index (χ2n) is 3.67. The molecule has 0 atom stereocenters. The molecule has 2 heterocycles. The molecule has 0 saturated heterocycles. The molecule has 17 heavy (non-hydrogen) atoms. The van der Waals surface area contributed by atoms with Crippen molar-refractivity contribution in [3.63, 3.8) is 0 Å². The minimum absolute atomic E-state index is 0.179. The number of nitrogens with one attached hydrogen (secondary N) is 1. The van der Waals surface area contributed by atoms with E-state index in [4.69, 9.17) is 0 Å². The van der Waals surface area contributed by atoms with E-state index in [-0.39, 0.29) is 5.75 Å². The van der Waals surface area contributed by atoms with E-state index in [1.807, 2.05) is 16.7 Å². The second-order valence-corrected chi connectivity index (χ2v) is 6.44. The van der Waals surface area contributed by atoms with Gasteiger partial charge in [-0.25, -0.2) is 13.1 Å². The Kier molecular flexibility index (Phi) is 3.75. The van der Waals surface area contributed by atoms with Crippen LogP contribution in [0.15, 0.2) is 11.7 Å². The van der Waals surface area contributed by atoms with E-state index in [2.05, 4.69) is 14.9 Å². The first-order chi connectivity index (χ1) is 8.12. The van der Waals surface area contributed by atoms with Crippen molar-refractivity contribution < 1.29 is 8.42 Å². The Morgan fingerprint density at radius 1 is 1.53 bits per heavy atom. The minimum Gasteiger partial charge on any atom is -0.276 e. The minimum atomic E-state index is -3.11. The first-order valence-electron chi connectivity index (χ1n) is 5.36. The summed E-state index contributed by atoms with van der Waals surface area (Å²) in [7, 11) is -3.11. The first kappa shape index (κ1) is 12.5. The maximum atomic E-state index is 11.4. The van der Waals surface area contributed by atoms with Gasteiger partial charge in [0.2, 0.25) is 15.0 Å². The lowest BCUT2D eigenvalue weighted by Crippen LogP contribution is -2.28. The molecular weight excluding hydrogens is 260 g/mol. The molecule has 0 aliphatic heterocycles. The summed E-state index contributed by atoms with van der Waals surface area (Å²) in [5.41, 5.74) is 1.02. The number of hydrogen-bond donors (Lipinski definition) is 1. The number of nitrogens with zero attached hydrogens (tertiary/aromatic N) is 3. The molecule has 0 saturated carbocycles. The van der Waals surface area contributed by atoms with Gasteiger partial charge >= 0.3 is 0 Å². The van der Waals surface area contributed by atoms with E-state index >= 15 is 0 Å². The molecular formula is C9H14N4O2S2. The van der Waals surface area contributed by atoms with Crippen molar-refractivity contribution >= 4 is 26.3 Å². The zero-order valence-corrected chi connectivity index (χ0v) is 11.1. The Balaban J connectivity index is 1.93. The monoisotopic (exact) mass is 274 g/mol. The van der Waals surface area contributed by atoms with Crippen LogP contribution in [-0.2, 0) is 16.4 Å². The summed E-state index contributed by atoms with van der Waals surface area (Å²) in [5.74, 6) is 0.179. The van der Waals surface area contributed by atoms with Gasteiger partial charge in [0.05, 0.1) is 5.75 Å². The van der Waals surface area contributed by atoms with E-state index in [1.165, 1.54) is 11.3 Å². The maximum absolute atomic E-state index is 11.4. The SMILES string of the molecule is CCCS(=O)(=O)NCCc1csc2nncn12. The van der Waals surface area contributed by atoms with Crippen molar-refractivity contribution in [1.82, 2.24) is 19.3 Å². The summed E-state index contributed by atoms with van der Waals surface area (Å²) in [6.45, 7) is 2.26.